The molecule has 0 unspecified atom stereocenters. The molecule has 2 rings (SSSR count). The molecule has 33 heavy (non-hydrogen) atoms. The molecule has 0 bridgehead atoms. The fourth-order valence-electron chi connectivity index (χ4n) is 5.58. The molecule has 2 saturated heterocycles. The summed E-state index contributed by atoms with van der Waals surface area (Å²) in [4.78, 5) is 0. The van der Waals surface area contributed by atoms with Gasteiger partial charge in [0.05, 0.1) is 0 Å². The van der Waals surface area contributed by atoms with Crippen LogP contribution in [0.15, 0.2) is 0 Å². The summed E-state index contributed by atoms with van der Waals surface area (Å²) in [5.74, 6) is 4.03. The van der Waals surface area contributed by atoms with Crippen molar-refractivity contribution in [3.63, 3.8) is 0 Å². The van der Waals surface area contributed by atoms with Crippen LogP contribution in [0.5, 0.6) is 0 Å². The van der Waals surface area contributed by atoms with Gasteiger partial charge in [-0.3, -0.25) is 0 Å². The molecule has 0 N–H and O–H groups in total. The van der Waals surface area contributed by atoms with Gasteiger partial charge in [0.1, 0.15) is 0 Å². The Morgan fingerprint density at radius 2 is 0.818 bits per heavy atom. The summed E-state index contributed by atoms with van der Waals surface area (Å²) >= 11 is 0.757. The third-order valence-corrected chi connectivity index (χ3v) is 7.68. The van der Waals surface area contributed by atoms with Gasteiger partial charge in [-0.25, -0.2) is 0 Å². The third kappa shape index (κ3) is 18.9. The van der Waals surface area contributed by atoms with Gasteiger partial charge in [0.2, 0.25) is 0 Å². The summed E-state index contributed by atoms with van der Waals surface area (Å²) in [6, 6.07) is 0. The molecule has 2 aliphatic rings. The number of unbranched alkanes of at least 4 members (excludes halogenated alkanes) is 4. The second-order valence-electron chi connectivity index (χ2n) is 10.1. The van der Waals surface area contributed by atoms with Crippen LogP contribution in [-0.2, 0) is 13.1 Å². The van der Waals surface area contributed by atoms with Gasteiger partial charge in [0.25, 0.3) is 0 Å². The van der Waals surface area contributed by atoms with Crippen LogP contribution in [0.25, 0.3) is 10.6 Å². The number of nitrogens with zero attached hydrogens (tertiary/aromatic N) is 2. The molecule has 0 aromatic rings. The zero-order valence-corrected chi connectivity index (χ0v) is 24.9. The van der Waals surface area contributed by atoms with Crippen LogP contribution in [0.3, 0.4) is 0 Å². The molecule has 0 amide bonds. The van der Waals surface area contributed by atoms with E-state index in [2.05, 4.69) is 58.5 Å². The molecular weight excluding hydrogens is 499 g/mol. The Hall–Kier alpha value is 1.02. The molecule has 0 aliphatic carbocycles. The van der Waals surface area contributed by atoms with Crippen molar-refractivity contribution in [1.29, 1.82) is 0 Å². The van der Waals surface area contributed by atoms with E-state index in [-0.39, 0.29) is 0 Å². The first kappa shape index (κ1) is 34.0. The van der Waals surface area contributed by atoms with E-state index in [4.69, 9.17) is 0 Å². The van der Waals surface area contributed by atoms with Crippen LogP contribution >= 0.6 is 20.2 Å². The van der Waals surface area contributed by atoms with Crippen LogP contribution in [0, 0.1) is 23.7 Å². The summed E-state index contributed by atoms with van der Waals surface area (Å²) in [5, 5.41) is 8.94. The molecule has 2 heterocycles. The summed E-state index contributed by atoms with van der Waals surface area (Å²) in [5.41, 5.74) is 0. The van der Waals surface area contributed by atoms with Crippen molar-refractivity contribution < 1.29 is 13.1 Å². The molecule has 0 aromatic carbocycles. The van der Waals surface area contributed by atoms with Gasteiger partial charge in [-0.15, -0.1) is 26.2 Å². The van der Waals surface area contributed by atoms with Crippen LogP contribution in [0.2, 0.25) is 0 Å². The Morgan fingerprint density at radius 3 is 1.03 bits per heavy atom. The predicted molar refractivity (Wildman–Crippen MR) is 148 cm³/mol. The molecule has 0 aromatic heterocycles. The van der Waals surface area contributed by atoms with E-state index in [0.717, 1.165) is 63.0 Å². The topological polar surface area (TPSA) is 28.2 Å². The van der Waals surface area contributed by atoms with E-state index in [1.807, 2.05) is 0 Å². The quantitative estimate of drug-likeness (QED) is 0.191. The van der Waals surface area contributed by atoms with Gasteiger partial charge < -0.3 is 10.6 Å². The Balaban J connectivity index is 0.000000555. The first-order chi connectivity index (χ1) is 16.2. The second-order valence-corrected chi connectivity index (χ2v) is 11.7. The van der Waals surface area contributed by atoms with Crippen molar-refractivity contribution >= 4 is 20.2 Å². The molecule has 0 atom stereocenters. The van der Waals surface area contributed by atoms with Crippen LogP contribution < -0.4 is 0 Å². The molecule has 5 heteroatoms. The molecule has 2 fully saturated rings. The molecule has 2 aliphatic heterocycles. The van der Waals surface area contributed by atoms with E-state index in [0.29, 0.717) is 0 Å². The molecule has 0 saturated carbocycles. The van der Waals surface area contributed by atoms with E-state index >= 15 is 0 Å². The third-order valence-electron chi connectivity index (χ3n) is 7.68. The number of rotatable bonds is 14. The van der Waals surface area contributed by atoms with E-state index in [9.17, 15) is 0 Å². The average Bonchev–Trinajstić information content (AvgIpc) is 2.86. The molecule has 2 nitrogen and oxygen atoms in total. The molecule has 0 radical (unpaired) electrons. The number of piperidine rings is 2. The van der Waals surface area contributed by atoms with Gasteiger partial charge >= 0.3 is 33.3 Å². The zero-order valence-electron chi connectivity index (χ0n) is 22.4. The number of halogens is 2. The normalized spacial score (nSPS) is 17.6. The van der Waals surface area contributed by atoms with Gasteiger partial charge in [0, 0.05) is 0 Å². The van der Waals surface area contributed by atoms with Crippen molar-refractivity contribution in [2.75, 3.05) is 26.2 Å². The van der Waals surface area contributed by atoms with Crippen LogP contribution in [-0.4, -0.2) is 26.2 Å². The van der Waals surface area contributed by atoms with Gasteiger partial charge in [-0.1, -0.05) is 130 Å². The van der Waals surface area contributed by atoms with Crippen molar-refractivity contribution in [2.24, 2.45) is 23.7 Å². The fourth-order valence-corrected chi connectivity index (χ4v) is 5.58. The minimum absolute atomic E-state index is 0.757. The number of hydrogen-bond donors (Lipinski definition) is 0. The van der Waals surface area contributed by atoms with E-state index in [1.165, 1.54) is 103 Å². The van der Waals surface area contributed by atoms with Crippen molar-refractivity contribution in [2.45, 2.75) is 130 Å². The summed E-state index contributed by atoms with van der Waals surface area (Å²) in [6.07, 6.45) is 22.6. The standard InChI is InChI=1S/2C14H28N.2ClH.Cu/c2*1-3-5-7-13(8-6-4-2)14-9-11-15-12-10-14;;;/h2*13-14H,3-12H2,1-2H3;2*1H;/q2*-1;;;+2/p-2. The predicted octanol–water partition coefficient (Wildman–Crippen LogP) is 10.9. The summed E-state index contributed by atoms with van der Waals surface area (Å²) in [6.45, 7) is 13.8. The first-order valence-electron chi connectivity index (χ1n) is 14.3. The van der Waals surface area contributed by atoms with Crippen molar-refractivity contribution in [1.82, 2.24) is 0 Å². The van der Waals surface area contributed by atoms with Gasteiger partial charge in [0.15, 0.2) is 0 Å². The zero-order chi connectivity index (χ0) is 24.6. The Kier molecular flexibility index (Phi) is 26.9. The summed E-state index contributed by atoms with van der Waals surface area (Å²) < 4.78 is 0. The van der Waals surface area contributed by atoms with Crippen molar-refractivity contribution in [3.05, 3.63) is 10.6 Å². The van der Waals surface area contributed by atoms with Gasteiger partial charge in [-0.05, 0) is 23.7 Å². The van der Waals surface area contributed by atoms with E-state index in [1.54, 1.807) is 0 Å². The fraction of sp³-hybridized carbons (Fsp3) is 1.00. The maximum absolute atomic E-state index is 4.67. The van der Waals surface area contributed by atoms with Crippen LogP contribution in [0.4, 0.5) is 0 Å². The second kappa shape index (κ2) is 26.1. The minimum atomic E-state index is 0.757. The number of hydrogen-bond acceptors (Lipinski definition) is 0. The van der Waals surface area contributed by atoms with Gasteiger partial charge in [-0.2, -0.15) is 0 Å². The average molecular weight is 555 g/mol. The molecule has 205 valence electrons. The molecule has 0 spiro atoms. The SMILES string of the molecule is CCCCC(CCCC)C1CC[N-]CC1.CCCCC(CCCC)C1CC[N-]CC1.[Cl][Cu][Cl]. The summed E-state index contributed by atoms with van der Waals surface area (Å²) in [7, 11) is 9.34. The van der Waals surface area contributed by atoms with Crippen LogP contribution in [0.1, 0.15) is 130 Å². The Labute approximate surface area is 223 Å². The molecular formula is C28H56Cl2CuN2-2. The maximum atomic E-state index is 4.67. The van der Waals surface area contributed by atoms with E-state index < -0.39 is 0 Å². The van der Waals surface area contributed by atoms with Crippen molar-refractivity contribution in [3.8, 4) is 0 Å². The first-order valence-corrected chi connectivity index (χ1v) is 16.8. The Morgan fingerprint density at radius 1 is 0.576 bits per heavy atom. The Bertz CT molecular complexity index is 325. The monoisotopic (exact) mass is 553 g/mol.